The first-order chi connectivity index (χ1) is 14.2. The van der Waals surface area contributed by atoms with Crippen molar-refractivity contribution < 1.29 is 9.53 Å². The first-order valence-electron chi connectivity index (χ1n) is 10.4. The topological polar surface area (TPSA) is 67.4 Å². The molecule has 0 radical (unpaired) electrons. The van der Waals surface area contributed by atoms with Gasteiger partial charge < -0.3 is 15.0 Å². The molecule has 6 nitrogen and oxygen atoms in total. The highest BCUT2D eigenvalue weighted by Crippen LogP contribution is 2.34. The molecule has 0 unspecified atom stereocenters. The number of amides is 1. The van der Waals surface area contributed by atoms with E-state index in [-0.39, 0.29) is 17.9 Å². The van der Waals surface area contributed by atoms with Gasteiger partial charge in [-0.25, -0.2) is 9.97 Å². The summed E-state index contributed by atoms with van der Waals surface area (Å²) in [5.41, 5.74) is 1.23. The number of carbonyl (C=O) groups is 1. The highest BCUT2D eigenvalue weighted by Gasteiger charge is 2.28. The van der Waals surface area contributed by atoms with Crippen LogP contribution in [0.3, 0.4) is 0 Å². The van der Waals surface area contributed by atoms with Gasteiger partial charge in [-0.15, -0.1) is 0 Å². The third-order valence-electron chi connectivity index (χ3n) is 5.54. The van der Waals surface area contributed by atoms with Crippen molar-refractivity contribution in [3.63, 3.8) is 0 Å². The lowest BCUT2D eigenvalue weighted by atomic mass is 9.96. The monoisotopic (exact) mass is 412 g/mol. The predicted molar refractivity (Wildman–Crippen MR) is 114 cm³/mol. The minimum Gasteiger partial charge on any atom is -0.376 e. The molecule has 2 saturated heterocycles. The van der Waals surface area contributed by atoms with E-state index in [0.29, 0.717) is 6.54 Å². The summed E-state index contributed by atoms with van der Waals surface area (Å²) in [7, 11) is 0. The van der Waals surface area contributed by atoms with Gasteiger partial charge >= 0.3 is 0 Å². The maximum absolute atomic E-state index is 12.5. The van der Waals surface area contributed by atoms with Crippen LogP contribution in [0, 0.1) is 12.8 Å². The Morgan fingerprint density at radius 2 is 2.07 bits per heavy atom. The predicted octanol–water partition coefficient (Wildman–Crippen LogP) is 3.45. The Balaban J connectivity index is 1.34. The molecule has 29 heavy (non-hydrogen) atoms. The van der Waals surface area contributed by atoms with Crippen LogP contribution in [0.25, 0.3) is 0 Å². The van der Waals surface area contributed by atoms with Gasteiger partial charge in [0, 0.05) is 49.4 Å². The number of carbonyl (C=O) groups excluding carboxylic acids is 1. The molecule has 3 heterocycles. The molecule has 7 heteroatoms. The highest BCUT2D eigenvalue weighted by atomic mass is 32.2. The lowest BCUT2D eigenvalue weighted by Crippen LogP contribution is -2.42. The molecule has 154 valence electrons. The van der Waals surface area contributed by atoms with Crippen molar-refractivity contribution in [3.8, 4) is 0 Å². The largest absolute Gasteiger partial charge is 0.376 e. The van der Waals surface area contributed by atoms with Gasteiger partial charge in [-0.05, 0) is 44.7 Å². The number of hydrogen-bond donors (Lipinski definition) is 1. The fourth-order valence-electron chi connectivity index (χ4n) is 3.91. The molecule has 0 bridgehead atoms. The van der Waals surface area contributed by atoms with Crippen LogP contribution in [0.15, 0.2) is 46.6 Å². The molecule has 1 atom stereocenters. The molecule has 1 aromatic carbocycles. The second kappa shape index (κ2) is 9.59. The van der Waals surface area contributed by atoms with Crippen molar-refractivity contribution in [2.24, 2.45) is 5.92 Å². The van der Waals surface area contributed by atoms with Gasteiger partial charge in [0.1, 0.15) is 5.03 Å². The van der Waals surface area contributed by atoms with E-state index >= 15 is 0 Å². The number of rotatable bonds is 6. The SMILES string of the molecule is Cc1cccc(Sc2nccnc2N2CCC(C(=O)NC[C@@H]3CCCO3)CC2)c1. The van der Waals surface area contributed by atoms with Crippen molar-refractivity contribution in [3.05, 3.63) is 42.2 Å². The maximum atomic E-state index is 12.5. The molecule has 2 aliphatic rings. The minimum atomic E-state index is 0.0669. The molecule has 1 amide bonds. The van der Waals surface area contributed by atoms with Gasteiger partial charge in [0.25, 0.3) is 0 Å². The maximum Gasteiger partial charge on any atom is 0.223 e. The van der Waals surface area contributed by atoms with E-state index in [9.17, 15) is 4.79 Å². The molecule has 2 fully saturated rings. The van der Waals surface area contributed by atoms with Crippen LogP contribution in [0.1, 0.15) is 31.2 Å². The lowest BCUT2D eigenvalue weighted by Gasteiger charge is -2.32. The van der Waals surface area contributed by atoms with Crippen molar-refractivity contribution in [1.29, 1.82) is 0 Å². The number of nitrogens with one attached hydrogen (secondary N) is 1. The van der Waals surface area contributed by atoms with Gasteiger partial charge in [-0.3, -0.25) is 4.79 Å². The number of anilines is 1. The zero-order valence-electron chi connectivity index (χ0n) is 16.8. The number of nitrogens with zero attached hydrogens (tertiary/aromatic N) is 3. The average Bonchev–Trinajstić information content (AvgIpc) is 3.26. The molecule has 0 aliphatic carbocycles. The van der Waals surface area contributed by atoms with Crippen LogP contribution in [0.4, 0.5) is 5.82 Å². The first kappa shape index (κ1) is 20.2. The molecule has 0 spiro atoms. The number of hydrogen-bond acceptors (Lipinski definition) is 6. The Hall–Kier alpha value is -2.12. The van der Waals surface area contributed by atoms with Crippen molar-refractivity contribution >= 4 is 23.5 Å². The molecule has 4 rings (SSSR count). The van der Waals surface area contributed by atoms with Gasteiger partial charge in [-0.2, -0.15) is 0 Å². The third-order valence-corrected chi connectivity index (χ3v) is 6.51. The van der Waals surface area contributed by atoms with E-state index in [1.54, 1.807) is 24.2 Å². The zero-order valence-corrected chi connectivity index (χ0v) is 17.7. The van der Waals surface area contributed by atoms with Gasteiger partial charge in [0.2, 0.25) is 5.91 Å². The van der Waals surface area contributed by atoms with Crippen LogP contribution >= 0.6 is 11.8 Å². The summed E-state index contributed by atoms with van der Waals surface area (Å²) >= 11 is 1.64. The normalized spacial score (nSPS) is 20.0. The van der Waals surface area contributed by atoms with Gasteiger partial charge in [0.05, 0.1) is 6.10 Å². The van der Waals surface area contributed by atoms with E-state index in [0.717, 1.165) is 61.1 Å². The van der Waals surface area contributed by atoms with E-state index in [1.807, 2.05) is 0 Å². The second-order valence-electron chi connectivity index (χ2n) is 7.75. The summed E-state index contributed by atoms with van der Waals surface area (Å²) < 4.78 is 5.59. The van der Waals surface area contributed by atoms with Crippen LogP contribution in [0.2, 0.25) is 0 Å². The summed E-state index contributed by atoms with van der Waals surface area (Å²) in [5, 5.41) is 4.00. The Bertz CT molecular complexity index is 833. The smallest absolute Gasteiger partial charge is 0.223 e. The fraction of sp³-hybridized carbons (Fsp3) is 0.500. The quantitative estimate of drug-likeness (QED) is 0.784. The van der Waals surface area contributed by atoms with Gasteiger partial charge in [0.15, 0.2) is 5.82 Å². The van der Waals surface area contributed by atoms with E-state index in [1.165, 1.54) is 5.56 Å². The molecular weight excluding hydrogens is 384 g/mol. The zero-order chi connectivity index (χ0) is 20.1. The number of aryl methyl sites for hydroxylation is 1. The third kappa shape index (κ3) is 5.28. The minimum absolute atomic E-state index is 0.0669. The lowest BCUT2D eigenvalue weighted by molar-refractivity contribution is -0.126. The number of ether oxygens (including phenoxy) is 1. The van der Waals surface area contributed by atoms with Crippen LogP contribution in [-0.4, -0.2) is 48.2 Å². The number of benzene rings is 1. The van der Waals surface area contributed by atoms with Crippen molar-refractivity contribution in [1.82, 2.24) is 15.3 Å². The van der Waals surface area contributed by atoms with E-state index < -0.39 is 0 Å². The Labute approximate surface area is 176 Å². The summed E-state index contributed by atoms with van der Waals surface area (Å²) in [6, 6.07) is 8.42. The summed E-state index contributed by atoms with van der Waals surface area (Å²) in [4.78, 5) is 25.1. The molecule has 2 aromatic rings. The number of aromatic nitrogens is 2. The van der Waals surface area contributed by atoms with E-state index in [2.05, 4.69) is 51.4 Å². The average molecular weight is 413 g/mol. The fourth-order valence-corrected chi connectivity index (χ4v) is 4.92. The molecule has 1 aromatic heterocycles. The van der Waals surface area contributed by atoms with Crippen LogP contribution in [-0.2, 0) is 9.53 Å². The van der Waals surface area contributed by atoms with Crippen molar-refractivity contribution in [2.75, 3.05) is 31.1 Å². The summed E-state index contributed by atoms with van der Waals surface area (Å²) in [6.45, 7) is 5.19. The van der Waals surface area contributed by atoms with Crippen LogP contribution in [0.5, 0.6) is 0 Å². The Kier molecular flexibility index (Phi) is 6.67. The molecular formula is C22H28N4O2S. The first-order valence-corrected chi connectivity index (χ1v) is 11.2. The van der Waals surface area contributed by atoms with Crippen molar-refractivity contribution in [2.45, 2.75) is 48.6 Å². The van der Waals surface area contributed by atoms with Gasteiger partial charge in [-0.1, -0.05) is 29.5 Å². The standard InChI is InChI=1S/C22H28N4O2S/c1-16-4-2-6-19(14-16)29-22-20(23-9-10-24-22)26-11-7-17(8-12-26)21(27)25-15-18-5-3-13-28-18/h2,4,6,9-10,14,17-18H,3,5,7-8,11-13,15H2,1H3,(H,25,27)/t18-/m0/s1. The summed E-state index contributed by atoms with van der Waals surface area (Å²) in [5.74, 6) is 1.14. The molecule has 1 N–H and O–H groups in total. The Morgan fingerprint density at radius 1 is 1.24 bits per heavy atom. The second-order valence-corrected chi connectivity index (χ2v) is 8.81. The molecule has 2 aliphatic heterocycles. The highest BCUT2D eigenvalue weighted by molar-refractivity contribution is 7.99. The molecule has 0 saturated carbocycles. The number of piperidine rings is 1. The van der Waals surface area contributed by atoms with Crippen LogP contribution < -0.4 is 10.2 Å². The summed E-state index contributed by atoms with van der Waals surface area (Å²) in [6.07, 6.45) is 7.50. The Morgan fingerprint density at radius 3 is 2.83 bits per heavy atom. The van der Waals surface area contributed by atoms with E-state index in [4.69, 9.17) is 4.74 Å².